The van der Waals surface area contributed by atoms with Gasteiger partial charge in [-0.05, 0) is 41.8 Å². The Kier molecular flexibility index (Phi) is 9.96. The van der Waals surface area contributed by atoms with Crippen molar-refractivity contribution in [3.05, 3.63) is 88.0 Å². The van der Waals surface area contributed by atoms with Gasteiger partial charge in [0.25, 0.3) is 11.6 Å². The molecule has 0 aliphatic rings. The number of benzene rings is 3. The maximum atomic E-state index is 12.8. The van der Waals surface area contributed by atoms with Gasteiger partial charge in [0, 0.05) is 5.69 Å². The molecule has 0 fully saturated rings. The van der Waals surface area contributed by atoms with Crippen LogP contribution in [0, 0.1) is 22.0 Å². The van der Waals surface area contributed by atoms with E-state index in [9.17, 15) is 19.7 Å². The molecule has 3 rings (SSSR count). The monoisotopic (exact) mass is 534 g/mol. The number of amides is 2. The summed E-state index contributed by atoms with van der Waals surface area (Å²) in [5, 5.41) is 18.3. The molecule has 0 aliphatic heterocycles. The molecular formula is C28H30N4O7. The summed E-state index contributed by atoms with van der Waals surface area (Å²) in [7, 11) is 2.94. The average Bonchev–Trinajstić information content (AvgIpc) is 2.92. The number of nitrogens with one attached hydrogen (secondary N) is 2. The molecule has 11 heteroatoms. The van der Waals surface area contributed by atoms with Crippen LogP contribution in [0.3, 0.4) is 0 Å². The second kappa shape index (κ2) is 13.6. The summed E-state index contributed by atoms with van der Waals surface area (Å²) in [6.07, 6.45) is 1.12. The highest BCUT2D eigenvalue weighted by Crippen LogP contribution is 2.34. The van der Waals surface area contributed by atoms with Gasteiger partial charge in [0.2, 0.25) is 5.91 Å². The van der Waals surface area contributed by atoms with E-state index in [1.807, 2.05) is 30.3 Å². The van der Waals surface area contributed by atoms with Crippen molar-refractivity contribution in [2.24, 2.45) is 16.9 Å². The first-order valence-electron chi connectivity index (χ1n) is 12.0. The molecule has 0 saturated carbocycles. The number of carbonyl (C=O) groups excluding carboxylic acids is 2. The third-order valence-electron chi connectivity index (χ3n) is 5.71. The number of nitro benzene ring substituents is 1. The average molecular weight is 535 g/mol. The van der Waals surface area contributed by atoms with Crippen LogP contribution < -0.4 is 25.0 Å². The van der Waals surface area contributed by atoms with Crippen LogP contribution in [-0.2, 0) is 16.2 Å². The summed E-state index contributed by atoms with van der Waals surface area (Å²) < 4.78 is 16.2. The highest BCUT2D eigenvalue weighted by molar-refractivity contribution is 6.06. The van der Waals surface area contributed by atoms with Crippen molar-refractivity contribution in [3.8, 4) is 17.2 Å². The molecule has 1 atom stereocenters. The van der Waals surface area contributed by atoms with Crippen LogP contribution in [0.1, 0.15) is 25.0 Å². The van der Waals surface area contributed by atoms with Gasteiger partial charge in [-0.25, -0.2) is 5.43 Å². The number of ether oxygens (including phenoxy) is 3. The zero-order valence-corrected chi connectivity index (χ0v) is 22.0. The number of hydrogen-bond acceptors (Lipinski definition) is 8. The number of hydrazone groups is 1. The smallest absolute Gasteiger partial charge is 0.282 e. The molecule has 0 heterocycles. The van der Waals surface area contributed by atoms with E-state index in [0.29, 0.717) is 11.4 Å². The Balaban J connectivity index is 1.74. The molecule has 0 saturated heterocycles. The number of hydrogen-bond donors (Lipinski definition) is 2. The number of rotatable bonds is 12. The lowest BCUT2D eigenvalue weighted by Gasteiger charge is -2.18. The lowest BCUT2D eigenvalue weighted by Crippen LogP contribution is -2.39. The Morgan fingerprint density at radius 3 is 2.26 bits per heavy atom. The fraction of sp³-hybridized carbons (Fsp3) is 0.250. The fourth-order valence-corrected chi connectivity index (χ4v) is 3.69. The van der Waals surface area contributed by atoms with Crippen LogP contribution in [-0.4, -0.2) is 37.2 Å². The van der Waals surface area contributed by atoms with E-state index >= 15 is 0 Å². The SMILES string of the molecule is COc1ccc(NC(=O)C(C(=O)NN=Cc2cc(OC)c(OCc3ccccc3)cc2[N+](=O)[O-])C(C)C)cc1. The normalized spacial score (nSPS) is 11.6. The maximum absolute atomic E-state index is 12.8. The van der Waals surface area contributed by atoms with Crippen molar-refractivity contribution in [2.75, 3.05) is 19.5 Å². The van der Waals surface area contributed by atoms with Gasteiger partial charge in [-0.15, -0.1) is 0 Å². The van der Waals surface area contributed by atoms with Crippen LogP contribution in [0.25, 0.3) is 0 Å². The van der Waals surface area contributed by atoms with Gasteiger partial charge in [0.1, 0.15) is 18.3 Å². The molecule has 39 heavy (non-hydrogen) atoms. The first-order valence-corrected chi connectivity index (χ1v) is 12.0. The van der Waals surface area contributed by atoms with Crippen molar-refractivity contribution in [3.63, 3.8) is 0 Å². The Morgan fingerprint density at radius 2 is 1.67 bits per heavy atom. The van der Waals surface area contributed by atoms with Gasteiger partial charge >= 0.3 is 0 Å². The zero-order chi connectivity index (χ0) is 28.4. The number of nitrogens with zero attached hydrogens (tertiary/aromatic N) is 2. The van der Waals surface area contributed by atoms with Crippen LogP contribution in [0.2, 0.25) is 0 Å². The van der Waals surface area contributed by atoms with E-state index in [1.165, 1.54) is 26.4 Å². The second-order valence-electron chi connectivity index (χ2n) is 8.77. The summed E-state index contributed by atoms with van der Waals surface area (Å²) in [6.45, 7) is 3.64. The lowest BCUT2D eigenvalue weighted by atomic mass is 9.94. The molecule has 1 unspecified atom stereocenters. The Morgan fingerprint density at radius 1 is 0.974 bits per heavy atom. The van der Waals surface area contributed by atoms with Gasteiger partial charge in [-0.1, -0.05) is 44.2 Å². The first kappa shape index (κ1) is 28.6. The van der Waals surface area contributed by atoms with Gasteiger partial charge in [0.05, 0.1) is 37.0 Å². The quantitative estimate of drug-likeness (QED) is 0.150. The van der Waals surface area contributed by atoms with Crippen LogP contribution in [0.15, 0.2) is 71.8 Å². The first-order chi connectivity index (χ1) is 18.7. The summed E-state index contributed by atoms with van der Waals surface area (Å²) in [6, 6.07) is 18.6. The Hall–Kier alpha value is -4.93. The van der Waals surface area contributed by atoms with E-state index in [0.717, 1.165) is 11.8 Å². The highest BCUT2D eigenvalue weighted by atomic mass is 16.6. The standard InChI is InChI=1S/C28H30N4O7/c1-18(2)26(27(33)30-21-10-12-22(37-3)13-11-21)28(34)31-29-16-20-14-24(38-4)25(15-23(20)32(35)36)39-17-19-8-6-5-7-9-19/h5-16,18,26H,17H2,1-4H3,(H,30,33)(H,31,34). The zero-order valence-electron chi connectivity index (χ0n) is 22.0. The molecule has 11 nitrogen and oxygen atoms in total. The van der Waals surface area contributed by atoms with E-state index in [4.69, 9.17) is 14.2 Å². The van der Waals surface area contributed by atoms with Gasteiger partial charge in [0.15, 0.2) is 11.5 Å². The highest BCUT2D eigenvalue weighted by Gasteiger charge is 2.30. The molecule has 0 aliphatic carbocycles. The van der Waals surface area contributed by atoms with E-state index < -0.39 is 22.7 Å². The van der Waals surface area contributed by atoms with Crippen molar-refractivity contribution < 1.29 is 28.7 Å². The maximum Gasteiger partial charge on any atom is 0.282 e. The van der Waals surface area contributed by atoms with Crippen molar-refractivity contribution in [1.82, 2.24) is 5.43 Å². The summed E-state index contributed by atoms with van der Waals surface area (Å²) in [5.41, 5.74) is 3.48. The Labute approximate surface area is 225 Å². The van der Waals surface area contributed by atoms with E-state index in [1.54, 1.807) is 38.1 Å². The topological polar surface area (TPSA) is 141 Å². The lowest BCUT2D eigenvalue weighted by molar-refractivity contribution is -0.385. The molecule has 2 amide bonds. The molecule has 0 spiro atoms. The third-order valence-corrected chi connectivity index (χ3v) is 5.71. The third kappa shape index (κ3) is 7.78. The fourth-order valence-electron chi connectivity index (χ4n) is 3.69. The number of carbonyl (C=O) groups is 2. The predicted molar refractivity (Wildman–Crippen MR) is 146 cm³/mol. The van der Waals surface area contributed by atoms with Gasteiger partial charge in [-0.2, -0.15) is 5.10 Å². The summed E-state index contributed by atoms with van der Waals surface area (Å²) >= 11 is 0. The molecule has 3 aromatic rings. The van der Waals surface area contributed by atoms with Crippen LogP contribution in [0.5, 0.6) is 17.2 Å². The molecule has 0 bridgehead atoms. The number of methoxy groups -OCH3 is 2. The molecule has 2 N–H and O–H groups in total. The minimum absolute atomic E-state index is 0.0768. The van der Waals surface area contributed by atoms with Crippen LogP contribution in [0.4, 0.5) is 11.4 Å². The van der Waals surface area contributed by atoms with E-state index in [-0.39, 0.29) is 35.3 Å². The minimum Gasteiger partial charge on any atom is -0.497 e. The molecule has 0 radical (unpaired) electrons. The van der Waals surface area contributed by atoms with Gasteiger partial charge in [-0.3, -0.25) is 19.7 Å². The van der Waals surface area contributed by atoms with Crippen molar-refractivity contribution >= 4 is 29.4 Å². The predicted octanol–water partition coefficient (Wildman–Crippen LogP) is 4.55. The largest absolute Gasteiger partial charge is 0.497 e. The van der Waals surface area contributed by atoms with Crippen molar-refractivity contribution in [1.29, 1.82) is 0 Å². The molecule has 0 aromatic heterocycles. The summed E-state index contributed by atoms with van der Waals surface area (Å²) in [5.74, 6) is -1.54. The van der Waals surface area contributed by atoms with Gasteiger partial charge < -0.3 is 19.5 Å². The molecular weight excluding hydrogens is 504 g/mol. The minimum atomic E-state index is -1.07. The second-order valence-corrected chi connectivity index (χ2v) is 8.77. The van der Waals surface area contributed by atoms with Crippen molar-refractivity contribution in [2.45, 2.75) is 20.5 Å². The molecule has 204 valence electrons. The number of nitro groups is 1. The Bertz CT molecular complexity index is 1330. The van der Waals surface area contributed by atoms with Crippen LogP contribution >= 0.6 is 0 Å². The summed E-state index contributed by atoms with van der Waals surface area (Å²) in [4.78, 5) is 36.8. The molecule has 3 aromatic carbocycles. The van der Waals surface area contributed by atoms with E-state index in [2.05, 4.69) is 15.8 Å². The number of anilines is 1.